The van der Waals surface area contributed by atoms with Crippen molar-refractivity contribution < 1.29 is 8.78 Å². The third kappa shape index (κ3) is 5.22. The van der Waals surface area contributed by atoms with E-state index >= 15 is 0 Å². The molecule has 0 aromatic rings. The summed E-state index contributed by atoms with van der Waals surface area (Å²) in [7, 11) is 0. The fourth-order valence-electron chi connectivity index (χ4n) is 0.369. The summed E-state index contributed by atoms with van der Waals surface area (Å²) in [5.41, 5.74) is 0. The third-order valence-corrected chi connectivity index (χ3v) is 0.827. The second-order valence-corrected chi connectivity index (χ2v) is 1.82. The van der Waals surface area contributed by atoms with Gasteiger partial charge in [-0.1, -0.05) is 18.7 Å². The van der Waals surface area contributed by atoms with Crippen LogP contribution >= 0.6 is 0 Å². The zero-order valence-electron chi connectivity index (χ0n) is 5.85. The van der Waals surface area contributed by atoms with Gasteiger partial charge in [-0.25, -0.2) is 8.78 Å². The molecule has 0 nitrogen and oxygen atoms in total. The van der Waals surface area contributed by atoms with Crippen molar-refractivity contribution in [2.24, 2.45) is 0 Å². The van der Waals surface area contributed by atoms with E-state index in [0.717, 1.165) is 12.2 Å². The van der Waals surface area contributed by atoms with Crippen LogP contribution in [0.2, 0.25) is 0 Å². The lowest BCUT2D eigenvalue weighted by Gasteiger charge is -1.85. The fraction of sp³-hybridized carbons (Fsp3) is 0.250. The molecule has 0 radical (unpaired) electrons. The van der Waals surface area contributed by atoms with Crippen LogP contribution < -0.4 is 0 Å². The molecule has 2 heteroatoms. The van der Waals surface area contributed by atoms with Gasteiger partial charge in [0.05, 0.1) is 0 Å². The minimum absolute atomic E-state index is 0.461. The highest BCUT2D eigenvalue weighted by Crippen LogP contribution is 1.97. The van der Waals surface area contributed by atoms with Crippen molar-refractivity contribution in [1.82, 2.24) is 0 Å². The summed E-state index contributed by atoms with van der Waals surface area (Å²) in [4.78, 5) is 0. The van der Waals surface area contributed by atoms with Crippen molar-refractivity contribution in [1.29, 1.82) is 0 Å². The minimum atomic E-state index is -1.03. The molecule has 0 spiro atoms. The van der Waals surface area contributed by atoms with Crippen LogP contribution in [0.1, 0.15) is 6.92 Å². The molecule has 56 valence electrons. The normalized spacial score (nSPS) is 15.7. The van der Waals surface area contributed by atoms with Crippen molar-refractivity contribution in [3.63, 3.8) is 0 Å². The van der Waals surface area contributed by atoms with Gasteiger partial charge < -0.3 is 0 Å². The Bertz CT molecular complexity index is 155. The summed E-state index contributed by atoms with van der Waals surface area (Å²) in [6.45, 7) is 4.56. The number of hydrogen-bond acceptors (Lipinski definition) is 0. The highest BCUT2D eigenvalue weighted by Gasteiger charge is 1.85. The highest BCUT2D eigenvalue weighted by atomic mass is 19.1. The van der Waals surface area contributed by atoms with Gasteiger partial charge in [0, 0.05) is 0 Å². The molecule has 0 heterocycles. The van der Waals surface area contributed by atoms with Crippen LogP contribution in [0, 0.1) is 0 Å². The Labute approximate surface area is 59.6 Å². The lowest BCUT2D eigenvalue weighted by Crippen LogP contribution is -1.81. The molecule has 0 aromatic carbocycles. The van der Waals surface area contributed by atoms with Gasteiger partial charge in [0.1, 0.15) is 12.0 Å². The van der Waals surface area contributed by atoms with Gasteiger partial charge in [0.25, 0.3) is 0 Å². The van der Waals surface area contributed by atoms with E-state index < -0.39 is 12.0 Å². The summed E-state index contributed by atoms with van der Waals surface area (Å²) >= 11 is 0. The van der Waals surface area contributed by atoms with Gasteiger partial charge >= 0.3 is 0 Å². The van der Waals surface area contributed by atoms with Crippen LogP contribution in [-0.4, -0.2) is 6.17 Å². The van der Waals surface area contributed by atoms with Gasteiger partial charge in [0.2, 0.25) is 0 Å². The molecule has 0 saturated heterocycles. The SMILES string of the molecule is C=C/C(F)=C\C=C/C(C)F. The Morgan fingerprint density at radius 1 is 1.60 bits per heavy atom. The second kappa shape index (κ2) is 4.91. The molecule has 0 aromatic heterocycles. The van der Waals surface area contributed by atoms with E-state index in [1.165, 1.54) is 19.1 Å². The van der Waals surface area contributed by atoms with Crippen molar-refractivity contribution in [3.8, 4) is 0 Å². The molecule has 0 rings (SSSR count). The van der Waals surface area contributed by atoms with Crippen LogP contribution in [0.5, 0.6) is 0 Å². The first-order valence-electron chi connectivity index (χ1n) is 2.97. The minimum Gasteiger partial charge on any atom is -0.243 e. The van der Waals surface area contributed by atoms with Crippen LogP contribution in [0.4, 0.5) is 8.78 Å². The van der Waals surface area contributed by atoms with E-state index in [1.807, 2.05) is 0 Å². The fourth-order valence-corrected chi connectivity index (χ4v) is 0.369. The Balaban J connectivity index is 3.81. The molecule has 1 unspecified atom stereocenters. The number of rotatable bonds is 3. The molecular weight excluding hydrogens is 134 g/mol. The van der Waals surface area contributed by atoms with Gasteiger partial charge in [-0.15, -0.1) is 0 Å². The van der Waals surface area contributed by atoms with Crippen molar-refractivity contribution in [2.75, 3.05) is 0 Å². The van der Waals surface area contributed by atoms with Crippen LogP contribution in [0.3, 0.4) is 0 Å². The van der Waals surface area contributed by atoms with Gasteiger partial charge in [-0.2, -0.15) is 0 Å². The summed E-state index contributed by atoms with van der Waals surface area (Å²) < 4.78 is 24.1. The maximum absolute atomic E-state index is 12.2. The van der Waals surface area contributed by atoms with Crippen LogP contribution in [-0.2, 0) is 0 Å². The van der Waals surface area contributed by atoms with Crippen LogP contribution in [0.15, 0.2) is 36.7 Å². The van der Waals surface area contributed by atoms with E-state index in [2.05, 4.69) is 6.58 Å². The Morgan fingerprint density at radius 3 is 2.60 bits per heavy atom. The Hall–Kier alpha value is -0.920. The molecule has 0 bridgehead atoms. The molecular formula is C8H10F2. The van der Waals surface area contributed by atoms with E-state index in [9.17, 15) is 8.78 Å². The molecule has 0 aliphatic carbocycles. The first-order valence-corrected chi connectivity index (χ1v) is 2.97. The summed E-state index contributed by atoms with van der Waals surface area (Å²) in [5, 5.41) is 0. The predicted molar refractivity (Wildman–Crippen MR) is 39.1 cm³/mol. The van der Waals surface area contributed by atoms with E-state index in [-0.39, 0.29) is 0 Å². The number of halogens is 2. The average molecular weight is 144 g/mol. The summed E-state index contributed by atoms with van der Waals surface area (Å²) in [6, 6.07) is 0. The third-order valence-electron chi connectivity index (χ3n) is 0.827. The molecule has 0 fully saturated rings. The molecule has 0 aliphatic heterocycles. The molecule has 0 aliphatic rings. The largest absolute Gasteiger partial charge is 0.243 e. The lowest BCUT2D eigenvalue weighted by atomic mass is 10.3. The number of alkyl halides is 1. The Kier molecular flexibility index (Phi) is 4.46. The smallest absolute Gasteiger partial charge is 0.122 e. The number of allylic oxidation sites excluding steroid dienone is 5. The topological polar surface area (TPSA) is 0 Å². The first-order chi connectivity index (χ1) is 4.66. The van der Waals surface area contributed by atoms with Crippen LogP contribution in [0.25, 0.3) is 0 Å². The first kappa shape index (κ1) is 9.08. The van der Waals surface area contributed by atoms with Crippen molar-refractivity contribution in [3.05, 3.63) is 36.7 Å². The molecule has 1 atom stereocenters. The van der Waals surface area contributed by atoms with Crippen molar-refractivity contribution in [2.45, 2.75) is 13.1 Å². The van der Waals surface area contributed by atoms with Gasteiger partial charge in [-0.3, -0.25) is 0 Å². The molecule has 0 N–H and O–H groups in total. The maximum atomic E-state index is 12.2. The Morgan fingerprint density at radius 2 is 2.20 bits per heavy atom. The monoisotopic (exact) mass is 144 g/mol. The van der Waals surface area contributed by atoms with Crippen molar-refractivity contribution >= 4 is 0 Å². The zero-order valence-corrected chi connectivity index (χ0v) is 5.85. The average Bonchev–Trinajstić information content (AvgIpc) is 1.87. The van der Waals surface area contributed by atoms with Gasteiger partial charge in [0.15, 0.2) is 0 Å². The quantitative estimate of drug-likeness (QED) is 0.534. The maximum Gasteiger partial charge on any atom is 0.122 e. The second-order valence-electron chi connectivity index (χ2n) is 1.82. The standard InChI is InChI=1S/C8H10F2/c1-3-8(10)6-4-5-7(2)9/h3-7H,1H2,2H3/b5-4-,8-6+. The summed E-state index contributed by atoms with van der Waals surface area (Å²) in [5.74, 6) is -0.461. The molecule has 0 saturated carbocycles. The predicted octanol–water partition coefficient (Wildman–Crippen LogP) is 2.94. The van der Waals surface area contributed by atoms with E-state index in [0.29, 0.717) is 0 Å². The van der Waals surface area contributed by atoms with Gasteiger partial charge in [-0.05, 0) is 19.1 Å². The highest BCUT2D eigenvalue weighted by molar-refractivity contribution is 5.15. The molecule has 0 amide bonds. The van der Waals surface area contributed by atoms with E-state index in [4.69, 9.17) is 0 Å². The number of hydrogen-bond donors (Lipinski definition) is 0. The van der Waals surface area contributed by atoms with E-state index in [1.54, 1.807) is 0 Å². The zero-order chi connectivity index (χ0) is 7.98. The lowest BCUT2D eigenvalue weighted by molar-refractivity contribution is 0.430. The molecule has 10 heavy (non-hydrogen) atoms. The summed E-state index contributed by atoms with van der Waals surface area (Å²) in [6.07, 6.45) is 3.76.